The van der Waals surface area contributed by atoms with E-state index < -0.39 is 22.5 Å². The molecule has 1 unspecified atom stereocenters. The molecule has 7 heteroatoms. The lowest BCUT2D eigenvalue weighted by Gasteiger charge is -2.09. The van der Waals surface area contributed by atoms with Gasteiger partial charge in [0, 0.05) is 0 Å². The Hall–Kier alpha value is -1.44. The Morgan fingerprint density at radius 3 is 2.53 bits per heavy atom. The zero-order valence-corrected chi connectivity index (χ0v) is 11.6. The molecule has 1 aromatic rings. The van der Waals surface area contributed by atoms with Crippen LogP contribution in [0.5, 0.6) is 0 Å². The number of benzene rings is 1. The lowest BCUT2D eigenvalue weighted by molar-refractivity contribution is -0.293. The van der Waals surface area contributed by atoms with Gasteiger partial charge in [-0.3, -0.25) is 4.89 Å². The van der Waals surface area contributed by atoms with Crippen molar-refractivity contribution >= 4 is 16.0 Å². The second-order valence-electron chi connectivity index (χ2n) is 3.91. The molecule has 0 aliphatic rings. The minimum Gasteiger partial charge on any atom is -0.297 e. The average Bonchev–Trinajstić information content (AvgIpc) is 2.43. The van der Waals surface area contributed by atoms with Crippen molar-refractivity contribution in [2.75, 3.05) is 6.54 Å². The third-order valence-corrected chi connectivity index (χ3v) is 3.76. The van der Waals surface area contributed by atoms with Crippen molar-refractivity contribution in [3.8, 4) is 0 Å². The first-order valence-electron chi connectivity index (χ1n) is 5.86. The topological polar surface area (TPSA) is 81.7 Å². The van der Waals surface area contributed by atoms with Crippen molar-refractivity contribution in [3.63, 3.8) is 0 Å². The van der Waals surface area contributed by atoms with E-state index in [0.717, 1.165) is 0 Å². The zero-order valence-electron chi connectivity index (χ0n) is 10.8. The third-order valence-electron chi connectivity index (χ3n) is 2.34. The number of hydrogen-bond donors (Lipinski definition) is 1. The first kappa shape index (κ1) is 15.6. The highest BCUT2D eigenvalue weighted by Gasteiger charge is 2.16. The van der Waals surface area contributed by atoms with Gasteiger partial charge in [-0.1, -0.05) is 25.1 Å². The molecule has 6 nitrogen and oxygen atoms in total. The van der Waals surface area contributed by atoms with Crippen molar-refractivity contribution in [3.05, 3.63) is 30.3 Å². The number of nitrogens with one attached hydrogen (secondary N) is 1. The van der Waals surface area contributed by atoms with Crippen LogP contribution in [-0.2, 0) is 24.6 Å². The van der Waals surface area contributed by atoms with Crippen molar-refractivity contribution in [1.82, 2.24) is 4.72 Å². The molecule has 1 aromatic carbocycles. The van der Waals surface area contributed by atoms with Crippen LogP contribution in [0.1, 0.15) is 20.3 Å². The summed E-state index contributed by atoms with van der Waals surface area (Å²) in [5, 5.41) is 0. The second-order valence-corrected chi connectivity index (χ2v) is 5.67. The molecule has 1 atom stereocenters. The molecule has 0 aliphatic heterocycles. The Morgan fingerprint density at radius 1 is 1.32 bits per heavy atom. The number of hydrogen-bond acceptors (Lipinski definition) is 5. The predicted molar refractivity (Wildman–Crippen MR) is 68.6 cm³/mol. The van der Waals surface area contributed by atoms with Crippen molar-refractivity contribution in [2.45, 2.75) is 31.3 Å². The van der Waals surface area contributed by atoms with E-state index in [2.05, 4.69) is 9.61 Å². The first-order valence-corrected chi connectivity index (χ1v) is 7.35. The van der Waals surface area contributed by atoms with Gasteiger partial charge in [0.25, 0.3) is 0 Å². The molecule has 0 bridgehead atoms. The number of rotatable bonds is 7. The molecule has 0 amide bonds. The Bertz CT molecular complexity index is 500. The van der Waals surface area contributed by atoms with Gasteiger partial charge in [0.15, 0.2) is 0 Å². The molecule has 0 heterocycles. The van der Waals surface area contributed by atoms with Gasteiger partial charge >= 0.3 is 5.97 Å². The van der Waals surface area contributed by atoms with Crippen LogP contribution in [0.2, 0.25) is 0 Å². The fraction of sp³-hybridized carbons (Fsp3) is 0.417. The highest BCUT2D eigenvalue weighted by molar-refractivity contribution is 7.89. The summed E-state index contributed by atoms with van der Waals surface area (Å²) in [7, 11) is -3.71. The molecule has 1 rings (SSSR count). The van der Waals surface area contributed by atoms with Gasteiger partial charge < -0.3 is 0 Å². The monoisotopic (exact) mass is 287 g/mol. The lowest BCUT2D eigenvalue weighted by Crippen LogP contribution is -2.31. The molecule has 0 radical (unpaired) electrons. The normalized spacial score (nSPS) is 12.9. The van der Waals surface area contributed by atoms with Gasteiger partial charge in [-0.2, -0.15) is 9.61 Å². The third kappa shape index (κ3) is 5.37. The molecule has 106 valence electrons. The predicted octanol–water partition coefficient (Wildman–Crippen LogP) is 1.24. The molecular formula is C12H17NO5S. The summed E-state index contributed by atoms with van der Waals surface area (Å²) in [6.45, 7) is 3.13. The first-order chi connectivity index (χ1) is 8.95. The van der Waals surface area contributed by atoms with Crippen LogP contribution in [0, 0.1) is 0 Å². The maximum absolute atomic E-state index is 11.8. The SMILES string of the molecule is CCC(C)OOC(=O)CNS(=O)(=O)c1ccccc1. The van der Waals surface area contributed by atoms with E-state index in [1.807, 2.05) is 6.92 Å². The lowest BCUT2D eigenvalue weighted by atomic mass is 10.3. The van der Waals surface area contributed by atoms with E-state index in [0.29, 0.717) is 6.42 Å². The summed E-state index contributed by atoms with van der Waals surface area (Å²) in [5.41, 5.74) is 0. The molecule has 1 N–H and O–H groups in total. The standard InChI is InChI=1S/C12H17NO5S/c1-3-10(2)17-18-12(14)9-13-19(15,16)11-7-5-4-6-8-11/h4-8,10,13H,3,9H2,1-2H3. The average molecular weight is 287 g/mol. The van der Waals surface area contributed by atoms with Crippen LogP contribution in [0.4, 0.5) is 0 Å². The van der Waals surface area contributed by atoms with Gasteiger partial charge in [0.05, 0.1) is 4.90 Å². The fourth-order valence-electron chi connectivity index (χ4n) is 1.07. The summed E-state index contributed by atoms with van der Waals surface area (Å²) in [4.78, 5) is 20.6. The molecular weight excluding hydrogens is 270 g/mol. The summed E-state index contributed by atoms with van der Waals surface area (Å²) >= 11 is 0. The summed E-state index contributed by atoms with van der Waals surface area (Å²) < 4.78 is 25.7. The molecule has 0 saturated carbocycles. The quantitative estimate of drug-likeness (QED) is 0.602. The molecule has 19 heavy (non-hydrogen) atoms. The molecule has 0 saturated heterocycles. The number of carbonyl (C=O) groups is 1. The summed E-state index contributed by atoms with van der Waals surface area (Å²) in [6.07, 6.45) is 0.456. The summed E-state index contributed by atoms with van der Waals surface area (Å²) in [5.74, 6) is -0.792. The van der Waals surface area contributed by atoms with Crippen molar-refractivity contribution < 1.29 is 23.0 Å². The summed E-state index contributed by atoms with van der Waals surface area (Å²) in [6, 6.07) is 7.76. The van der Waals surface area contributed by atoms with E-state index in [1.54, 1.807) is 25.1 Å². The van der Waals surface area contributed by atoms with Crippen LogP contribution in [0.3, 0.4) is 0 Å². The second kappa shape index (κ2) is 7.22. The van der Waals surface area contributed by atoms with Crippen LogP contribution in [0.15, 0.2) is 35.2 Å². The van der Waals surface area contributed by atoms with Crippen LogP contribution >= 0.6 is 0 Å². The smallest absolute Gasteiger partial charge is 0.297 e. The Kier molecular flexibility index (Phi) is 5.94. The maximum atomic E-state index is 11.8. The maximum Gasteiger partial charge on any atom is 0.357 e. The molecule has 0 aliphatic carbocycles. The van der Waals surface area contributed by atoms with E-state index >= 15 is 0 Å². The van der Waals surface area contributed by atoms with Gasteiger partial charge in [0.1, 0.15) is 12.6 Å². The van der Waals surface area contributed by atoms with Gasteiger partial charge in [-0.15, -0.1) is 0 Å². The fourth-order valence-corrected chi connectivity index (χ4v) is 2.06. The highest BCUT2D eigenvalue weighted by atomic mass is 32.2. The minimum absolute atomic E-state index is 0.0886. The molecule has 0 spiro atoms. The Labute approximate surface area is 112 Å². The van der Waals surface area contributed by atoms with Crippen LogP contribution in [-0.4, -0.2) is 27.0 Å². The Balaban J connectivity index is 2.46. The molecule has 0 aromatic heterocycles. The number of carbonyl (C=O) groups excluding carboxylic acids is 1. The van der Waals surface area contributed by atoms with Crippen LogP contribution in [0.25, 0.3) is 0 Å². The van der Waals surface area contributed by atoms with Gasteiger partial charge in [-0.05, 0) is 25.5 Å². The van der Waals surface area contributed by atoms with Crippen molar-refractivity contribution in [1.29, 1.82) is 0 Å². The van der Waals surface area contributed by atoms with Crippen molar-refractivity contribution in [2.24, 2.45) is 0 Å². The zero-order chi connectivity index (χ0) is 14.3. The minimum atomic E-state index is -3.71. The van der Waals surface area contributed by atoms with E-state index in [-0.39, 0.29) is 11.0 Å². The molecule has 0 fully saturated rings. The van der Waals surface area contributed by atoms with E-state index in [1.165, 1.54) is 12.1 Å². The highest BCUT2D eigenvalue weighted by Crippen LogP contribution is 2.06. The largest absolute Gasteiger partial charge is 0.357 e. The van der Waals surface area contributed by atoms with E-state index in [4.69, 9.17) is 4.89 Å². The van der Waals surface area contributed by atoms with Gasteiger partial charge in [-0.25, -0.2) is 13.2 Å². The Morgan fingerprint density at radius 2 is 1.95 bits per heavy atom. The van der Waals surface area contributed by atoms with Crippen LogP contribution < -0.4 is 4.72 Å². The number of sulfonamides is 1. The van der Waals surface area contributed by atoms with Gasteiger partial charge in [0.2, 0.25) is 10.0 Å². The van der Waals surface area contributed by atoms with E-state index in [9.17, 15) is 13.2 Å².